The Morgan fingerprint density at radius 1 is 1.00 bits per heavy atom. The zero-order valence-electron chi connectivity index (χ0n) is 11.8. The molecule has 1 unspecified atom stereocenters. The van der Waals surface area contributed by atoms with Gasteiger partial charge in [-0.2, -0.15) is 0 Å². The van der Waals surface area contributed by atoms with E-state index in [2.05, 4.69) is 4.74 Å². The van der Waals surface area contributed by atoms with E-state index in [1.54, 1.807) is 0 Å². The summed E-state index contributed by atoms with van der Waals surface area (Å²) in [5, 5.41) is 18.1. The lowest BCUT2D eigenvalue weighted by Gasteiger charge is -2.34. The molecule has 20 heavy (non-hydrogen) atoms. The third kappa shape index (κ3) is 6.28. The Morgan fingerprint density at radius 3 is 1.80 bits per heavy atom. The Kier molecular flexibility index (Phi) is 5.83. The van der Waals surface area contributed by atoms with E-state index in [0.29, 0.717) is 0 Å². The van der Waals surface area contributed by atoms with Crippen molar-refractivity contribution in [3.63, 3.8) is 0 Å². The van der Waals surface area contributed by atoms with Gasteiger partial charge in [-0.25, -0.2) is 4.79 Å². The molecule has 0 spiro atoms. The van der Waals surface area contributed by atoms with Gasteiger partial charge in [0.05, 0.1) is 18.4 Å². The Bertz CT molecular complexity index is 420. The maximum absolute atomic E-state index is 11.5. The first-order chi connectivity index (χ1) is 8.88. The molecule has 0 rings (SSSR count). The van der Waals surface area contributed by atoms with Crippen LogP contribution in [0.25, 0.3) is 0 Å². The third-order valence-electron chi connectivity index (χ3n) is 2.02. The summed E-state index contributed by atoms with van der Waals surface area (Å²) in [6.45, 7) is 5.52. The van der Waals surface area contributed by atoms with Gasteiger partial charge in [-0.1, -0.05) is 0 Å². The lowest BCUT2D eigenvalue weighted by molar-refractivity contribution is -0.196. The standard InChI is InChI=1S/C12H18O8/c1-7(13)19-9(16)6-12(10(17)18,5-8(14)15)20-11(2,3)4/h5-6H2,1-4H3,(H,14,15)(H,17,18). The molecule has 114 valence electrons. The van der Waals surface area contributed by atoms with E-state index in [1.165, 1.54) is 20.8 Å². The van der Waals surface area contributed by atoms with Gasteiger partial charge < -0.3 is 19.7 Å². The Balaban J connectivity index is 5.39. The number of rotatable bonds is 6. The molecule has 0 saturated carbocycles. The summed E-state index contributed by atoms with van der Waals surface area (Å²) in [5.41, 5.74) is -3.30. The Hall–Kier alpha value is -1.96. The molecule has 0 aliphatic carbocycles. The lowest BCUT2D eigenvalue weighted by Crippen LogP contribution is -2.50. The van der Waals surface area contributed by atoms with Crippen LogP contribution in [0.15, 0.2) is 0 Å². The van der Waals surface area contributed by atoms with E-state index in [1.807, 2.05) is 0 Å². The molecule has 2 N–H and O–H groups in total. The molecule has 0 aliphatic rings. The van der Waals surface area contributed by atoms with Crippen LogP contribution in [0.5, 0.6) is 0 Å². The molecule has 0 aromatic heterocycles. The predicted molar refractivity (Wildman–Crippen MR) is 64.8 cm³/mol. The van der Waals surface area contributed by atoms with Crippen LogP contribution in [-0.2, 0) is 28.7 Å². The fourth-order valence-corrected chi connectivity index (χ4v) is 1.59. The van der Waals surface area contributed by atoms with Crippen molar-refractivity contribution < 1.29 is 38.9 Å². The molecule has 0 amide bonds. The molecule has 8 heteroatoms. The summed E-state index contributed by atoms with van der Waals surface area (Å²) in [6.07, 6.45) is -1.82. The van der Waals surface area contributed by atoms with Crippen LogP contribution < -0.4 is 0 Å². The highest BCUT2D eigenvalue weighted by atomic mass is 16.6. The van der Waals surface area contributed by atoms with Crippen molar-refractivity contribution >= 4 is 23.9 Å². The minimum atomic E-state index is -2.30. The highest BCUT2D eigenvalue weighted by Gasteiger charge is 2.47. The van der Waals surface area contributed by atoms with Crippen LogP contribution in [0.2, 0.25) is 0 Å². The molecule has 0 bridgehead atoms. The van der Waals surface area contributed by atoms with Crippen molar-refractivity contribution in [2.75, 3.05) is 0 Å². The maximum Gasteiger partial charge on any atom is 0.337 e. The highest BCUT2D eigenvalue weighted by molar-refractivity contribution is 5.92. The maximum atomic E-state index is 11.5. The van der Waals surface area contributed by atoms with Crippen LogP contribution >= 0.6 is 0 Å². The average molecular weight is 290 g/mol. The monoisotopic (exact) mass is 290 g/mol. The number of carbonyl (C=O) groups excluding carboxylic acids is 2. The molecule has 8 nitrogen and oxygen atoms in total. The second kappa shape index (κ2) is 6.47. The van der Waals surface area contributed by atoms with Crippen LogP contribution in [0.3, 0.4) is 0 Å². The minimum Gasteiger partial charge on any atom is -0.481 e. The number of hydrogen-bond acceptors (Lipinski definition) is 6. The van der Waals surface area contributed by atoms with Crippen molar-refractivity contribution in [2.24, 2.45) is 0 Å². The first-order valence-electron chi connectivity index (χ1n) is 5.74. The number of hydrogen-bond donors (Lipinski definition) is 2. The van der Waals surface area contributed by atoms with Gasteiger partial charge in [-0.05, 0) is 20.8 Å². The van der Waals surface area contributed by atoms with E-state index in [-0.39, 0.29) is 0 Å². The van der Waals surface area contributed by atoms with Gasteiger partial charge in [0.1, 0.15) is 0 Å². The molecule has 0 aliphatic heterocycles. The second-order valence-electron chi connectivity index (χ2n) is 5.23. The molecule has 0 aromatic rings. The SMILES string of the molecule is CC(=O)OC(=O)CC(CC(=O)O)(OC(C)(C)C)C(=O)O. The Labute approximate surface area is 115 Å². The smallest absolute Gasteiger partial charge is 0.337 e. The van der Waals surface area contributed by atoms with Gasteiger partial charge in [-0.15, -0.1) is 0 Å². The Morgan fingerprint density at radius 2 is 1.50 bits per heavy atom. The van der Waals surface area contributed by atoms with Crippen molar-refractivity contribution in [1.82, 2.24) is 0 Å². The number of carboxylic acids is 2. The van der Waals surface area contributed by atoms with Crippen LogP contribution in [0.1, 0.15) is 40.5 Å². The van der Waals surface area contributed by atoms with Gasteiger partial charge in [0.2, 0.25) is 0 Å². The minimum absolute atomic E-state index is 0.883. The van der Waals surface area contributed by atoms with E-state index >= 15 is 0 Å². The third-order valence-corrected chi connectivity index (χ3v) is 2.02. The van der Waals surface area contributed by atoms with Crippen molar-refractivity contribution in [2.45, 2.75) is 51.7 Å². The fourth-order valence-electron chi connectivity index (χ4n) is 1.59. The number of ether oxygens (including phenoxy) is 2. The number of esters is 2. The summed E-state index contributed by atoms with van der Waals surface area (Å²) in [7, 11) is 0. The number of carboxylic acid groups (broad SMARTS) is 2. The first-order valence-corrected chi connectivity index (χ1v) is 5.74. The van der Waals surface area contributed by atoms with Crippen molar-refractivity contribution in [3.05, 3.63) is 0 Å². The van der Waals surface area contributed by atoms with Gasteiger partial charge in [0.15, 0.2) is 5.60 Å². The number of aliphatic carboxylic acids is 2. The van der Waals surface area contributed by atoms with Crippen LogP contribution in [0, 0.1) is 0 Å². The van der Waals surface area contributed by atoms with Gasteiger partial charge in [-0.3, -0.25) is 14.4 Å². The zero-order chi connectivity index (χ0) is 16.1. The van der Waals surface area contributed by atoms with Crippen molar-refractivity contribution in [1.29, 1.82) is 0 Å². The summed E-state index contributed by atoms with van der Waals surface area (Å²) >= 11 is 0. The molecular formula is C12H18O8. The molecule has 0 aromatic carbocycles. The first kappa shape index (κ1) is 18.0. The lowest BCUT2D eigenvalue weighted by atomic mass is 9.93. The second-order valence-corrected chi connectivity index (χ2v) is 5.23. The normalized spacial score (nSPS) is 14.2. The van der Waals surface area contributed by atoms with Gasteiger partial charge in [0, 0.05) is 6.92 Å². The summed E-state index contributed by atoms with van der Waals surface area (Å²) in [5.74, 6) is -5.15. The topological polar surface area (TPSA) is 127 Å². The van der Waals surface area contributed by atoms with Crippen molar-refractivity contribution in [3.8, 4) is 0 Å². The van der Waals surface area contributed by atoms with E-state index < -0.39 is 47.9 Å². The quantitative estimate of drug-likeness (QED) is 0.537. The van der Waals surface area contributed by atoms with E-state index in [9.17, 15) is 24.3 Å². The van der Waals surface area contributed by atoms with Crippen LogP contribution in [-0.4, -0.2) is 45.3 Å². The molecule has 0 heterocycles. The highest BCUT2D eigenvalue weighted by Crippen LogP contribution is 2.28. The molecule has 0 fully saturated rings. The molecule has 0 saturated heterocycles. The van der Waals surface area contributed by atoms with E-state index in [0.717, 1.165) is 6.92 Å². The van der Waals surface area contributed by atoms with E-state index in [4.69, 9.17) is 9.84 Å². The fraction of sp³-hybridized carbons (Fsp3) is 0.667. The predicted octanol–water partition coefficient (Wildman–Crippen LogP) is 0.579. The average Bonchev–Trinajstić information content (AvgIpc) is 2.10. The number of carbonyl (C=O) groups is 4. The molecule has 1 atom stereocenters. The van der Waals surface area contributed by atoms with Crippen LogP contribution in [0.4, 0.5) is 0 Å². The molecular weight excluding hydrogens is 272 g/mol. The molecule has 0 radical (unpaired) electrons. The van der Waals surface area contributed by atoms with Gasteiger partial charge >= 0.3 is 23.9 Å². The zero-order valence-corrected chi connectivity index (χ0v) is 11.8. The summed E-state index contributed by atoms with van der Waals surface area (Å²) < 4.78 is 9.50. The van der Waals surface area contributed by atoms with Gasteiger partial charge in [0.25, 0.3) is 0 Å². The summed E-state index contributed by atoms with van der Waals surface area (Å²) in [6, 6.07) is 0. The largest absolute Gasteiger partial charge is 0.481 e. The summed E-state index contributed by atoms with van der Waals surface area (Å²) in [4.78, 5) is 44.4.